The van der Waals surface area contributed by atoms with E-state index < -0.39 is 5.54 Å². The van der Waals surface area contributed by atoms with E-state index in [9.17, 15) is 14.0 Å². The molecular formula is C28H25FN4O4. The molecule has 2 amide bonds. The molecule has 9 heteroatoms. The second-order valence-corrected chi connectivity index (χ2v) is 9.16. The second-order valence-electron chi connectivity index (χ2n) is 9.16. The van der Waals surface area contributed by atoms with E-state index >= 15 is 0 Å². The van der Waals surface area contributed by atoms with Crippen LogP contribution in [0.25, 0.3) is 33.4 Å². The van der Waals surface area contributed by atoms with E-state index in [1.165, 1.54) is 19.2 Å². The molecule has 5 rings (SSSR count). The predicted octanol–water partition coefficient (Wildman–Crippen LogP) is 4.79. The van der Waals surface area contributed by atoms with Crippen molar-refractivity contribution in [3.8, 4) is 22.5 Å². The number of nitrogens with one attached hydrogen (secondary N) is 4. The third kappa shape index (κ3) is 4.34. The molecule has 0 saturated heterocycles. The maximum Gasteiger partial charge on any atom is 0.255 e. The molecule has 4 aromatic rings. The number of hydroxylamine groups is 1. The lowest BCUT2D eigenvalue weighted by molar-refractivity contribution is 0.0937. The van der Waals surface area contributed by atoms with Gasteiger partial charge in [-0.25, -0.2) is 4.39 Å². The van der Waals surface area contributed by atoms with Crippen LogP contribution in [0.5, 0.6) is 0 Å². The van der Waals surface area contributed by atoms with Crippen LogP contribution in [0.4, 0.5) is 4.39 Å². The molecule has 0 bridgehead atoms. The van der Waals surface area contributed by atoms with Crippen LogP contribution in [-0.2, 0) is 0 Å². The third-order valence-corrected chi connectivity index (χ3v) is 6.75. The quantitative estimate of drug-likeness (QED) is 0.148. The Labute approximate surface area is 212 Å². The Morgan fingerprint density at radius 2 is 1.70 bits per heavy atom. The fraction of sp³-hybridized carbons (Fsp3) is 0.179. The average Bonchev–Trinajstić information content (AvgIpc) is 3.59. The fourth-order valence-electron chi connectivity index (χ4n) is 4.45. The molecule has 5 N–H and O–H groups in total. The number of benzene rings is 3. The van der Waals surface area contributed by atoms with Gasteiger partial charge in [0, 0.05) is 23.6 Å². The average molecular weight is 501 g/mol. The van der Waals surface area contributed by atoms with E-state index in [0.717, 1.165) is 16.7 Å². The highest BCUT2D eigenvalue weighted by Gasteiger charge is 2.48. The number of hydrogen-bond donors (Lipinski definition) is 5. The first-order valence-corrected chi connectivity index (χ1v) is 11.7. The van der Waals surface area contributed by atoms with E-state index in [1.807, 2.05) is 30.6 Å². The summed E-state index contributed by atoms with van der Waals surface area (Å²) < 4.78 is 19.5. The highest BCUT2D eigenvalue weighted by Crippen LogP contribution is 2.38. The van der Waals surface area contributed by atoms with Crippen LogP contribution in [0.1, 0.15) is 39.1 Å². The molecule has 0 unspecified atom stereocenters. The topological polar surface area (TPSA) is 127 Å². The molecule has 0 spiro atoms. The number of furan rings is 1. The lowest BCUT2D eigenvalue weighted by Gasteiger charge is -2.18. The molecule has 3 aromatic carbocycles. The number of aryl methyl sites for hydroxylation is 1. The van der Waals surface area contributed by atoms with Crippen LogP contribution in [0.15, 0.2) is 65.1 Å². The van der Waals surface area contributed by atoms with Crippen molar-refractivity contribution in [2.24, 2.45) is 0 Å². The van der Waals surface area contributed by atoms with Gasteiger partial charge in [0.2, 0.25) is 0 Å². The summed E-state index contributed by atoms with van der Waals surface area (Å²) in [6.07, 6.45) is 1.14. The van der Waals surface area contributed by atoms with Gasteiger partial charge in [-0.2, -0.15) is 0 Å². The standard InChI is InChI=1S/C28H25FN4O4/c1-15-3-4-18(25(34)32-28(11-12-28)27(30)33-36)14-20(15)17-7-10-22-21(13-17)23(26(35)31-2)24(37-22)16-5-8-19(29)9-6-16/h3-10,13-14,36H,11-12H2,1-2H3,(H2,30,33)(H,31,35)(H,32,34). The summed E-state index contributed by atoms with van der Waals surface area (Å²) in [5.41, 5.74) is 5.27. The van der Waals surface area contributed by atoms with E-state index in [0.29, 0.717) is 46.3 Å². The Hall–Kier alpha value is -4.50. The number of amides is 2. The second kappa shape index (κ2) is 9.18. The number of fused-ring (bicyclic) bond motifs is 1. The van der Waals surface area contributed by atoms with Gasteiger partial charge in [-0.15, -0.1) is 0 Å². The van der Waals surface area contributed by atoms with Crippen molar-refractivity contribution in [1.29, 1.82) is 5.41 Å². The van der Waals surface area contributed by atoms with Crippen molar-refractivity contribution in [3.05, 3.63) is 83.2 Å². The maximum atomic E-state index is 13.5. The normalized spacial score (nSPS) is 13.7. The molecule has 1 fully saturated rings. The van der Waals surface area contributed by atoms with Crippen molar-refractivity contribution in [1.82, 2.24) is 16.1 Å². The predicted molar refractivity (Wildman–Crippen MR) is 137 cm³/mol. The van der Waals surface area contributed by atoms with Crippen LogP contribution in [0.2, 0.25) is 0 Å². The minimum absolute atomic E-state index is 0.141. The highest BCUT2D eigenvalue weighted by atomic mass is 19.1. The van der Waals surface area contributed by atoms with E-state index in [-0.39, 0.29) is 23.5 Å². The van der Waals surface area contributed by atoms with Crippen LogP contribution < -0.4 is 16.1 Å². The number of carbonyl (C=O) groups is 2. The van der Waals surface area contributed by atoms with Crippen LogP contribution >= 0.6 is 0 Å². The Bertz CT molecular complexity index is 1550. The van der Waals surface area contributed by atoms with Gasteiger partial charge in [0.15, 0.2) is 0 Å². The zero-order valence-electron chi connectivity index (χ0n) is 20.2. The minimum atomic E-state index is -0.869. The summed E-state index contributed by atoms with van der Waals surface area (Å²) in [5.74, 6) is -0.883. The number of rotatable bonds is 6. The molecule has 8 nitrogen and oxygen atoms in total. The first kappa shape index (κ1) is 24.2. The number of amidine groups is 1. The summed E-state index contributed by atoms with van der Waals surface area (Å²) in [4.78, 5) is 25.9. The zero-order chi connectivity index (χ0) is 26.3. The number of carbonyl (C=O) groups excluding carboxylic acids is 2. The third-order valence-electron chi connectivity index (χ3n) is 6.75. The molecular weight excluding hydrogens is 475 g/mol. The van der Waals surface area contributed by atoms with Crippen molar-refractivity contribution >= 4 is 28.6 Å². The van der Waals surface area contributed by atoms with Gasteiger partial charge < -0.3 is 15.1 Å². The fourth-order valence-corrected chi connectivity index (χ4v) is 4.45. The van der Waals surface area contributed by atoms with E-state index in [2.05, 4.69) is 10.6 Å². The van der Waals surface area contributed by atoms with E-state index in [1.54, 1.807) is 30.3 Å². The van der Waals surface area contributed by atoms with Gasteiger partial charge in [-0.05, 0) is 85.0 Å². The van der Waals surface area contributed by atoms with Crippen LogP contribution in [-0.4, -0.2) is 35.4 Å². The molecule has 1 saturated carbocycles. The van der Waals surface area contributed by atoms with Gasteiger partial charge in [0.25, 0.3) is 11.8 Å². The SMILES string of the molecule is CNC(=O)c1c(-c2ccc(F)cc2)oc2ccc(-c3cc(C(=O)NC4(C(=N)NO)CC4)ccc3C)cc12. The largest absolute Gasteiger partial charge is 0.455 e. The van der Waals surface area contributed by atoms with Gasteiger partial charge in [0.05, 0.1) is 11.1 Å². The maximum absolute atomic E-state index is 13.5. The summed E-state index contributed by atoms with van der Waals surface area (Å²) in [5, 5.41) is 23.0. The van der Waals surface area contributed by atoms with Crippen molar-refractivity contribution in [2.45, 2.75) is 25.3 Å². The summed E-state index contributed by atoms with van der Waals surface area (Å²) in [7, 11) is 1.53. The number of hydrogen-bond acceptors (Lipinski definition) is 5. The molecule has 1 heterocycles. The summed E-state index contributed by atoms with van der Waals surface area (Å²) in [6, 6.07) is 16.5. The van der Waals surface area contributed by atoms with Gasteiger partial charge in [-0.1, -0.05) is 12.1 Å². The first-order valence-electron chi connectivity index (χ1n) is 11.7. The van der Waals surface area contributed by atoms with Crippen molar-refractivity contribution < 1.29 is 23.6 Å². The molecule has 37 heavy (non-hydrogen) atoms. The molecule has 0 radical (unpaired) electrons. The van der Waals surface area contributed by atoms with Gasteiger partial charge >= 0.3 is 0 Å². The van der Waals surface area contributed by atoms with Gasteiger partial charge in [0.1, 0.15) is 23.0 Å². The molecule has 1 aliphatic carbocycles. The van der Waals surface area contributed by atoms with Gasteiger partial charge in [-0.3, -0.25) is 25.7 Å². The molecule has 0 aliphatic heterocycles. The Kier molecular flexibility index (Phi) is 6.01. The van der Waals surface area contributed by atoms with Crippen molar-refractivity contribution in [3.63, 3.8) is 0 Å². The Balaban J connectivity index is 1.57. The van der Waals surface area contributed by atoms with Crippen molar-refractivity contribution in [2.75, 3.05) is 7.05 Å². The summed E-state index contributed by atoms with van der Waals surface area (Å²) >= 11 is 0. The lowest BCUT2D eigenvalue weighted by atomic mass is 9.95. The van der Waals surface area contributed by atoms with E-state index in [4.69, 9.17) is 15.0 Å². The minimum Gasteiger partial charge on any atom is -0.455 e. The summed E-state index contributed by atoms with van der Waals surface area (Å²) in [6.45, 7) is 1.92. The molecule has 0 atom stereocenters. The highest BCUT2D eigenvalue weighted by molar-refractivity contribution is 6.12. The number of halogens is 1. The Morgan fingerprint density at radius 1 is 1.00 bits per heavy atom. The zero-order valence-corrected chi connectivity index (χ0v) is 20.2. The van der Waals surface area contributed by atoms with Crippen LogP contribution in [0.3, 0.4) is 0 Å². The smallest absolute Gasteiger partial charge is 0.255 e. The molecule has 1 aliphatic rings. The van der Waals surface area contributed by atoms with Crippen LogP contribution in [0, 0.1) is 18.2 Å². The molecule has 188 valence electrons. The monoisotopic (exact) mass is 500 g/mol. The lowest BCUT2D eigenvalue weighted by Crippen LogP contribution is -2.47. The molecule has 1 aromatic heterocycles. The first-order chi connectivity index (χ1) is 17.8. The Morgan fingerprint density at radius 3 is 2.35 bits per heavy atom.